The van der Waals surface area contributed by atoms with Crippen LogP contribution in [0.4, 0.5) is 0 Å². The molecule has 94 valence electrons. The first-order valence-corrected chi connectivity index (χ1v) is 6.56. The lowest BCUT2D eigenvalue weighted by molar-refractivity contribution is -0.126. The molecule has 1 saturated carbocycles. The van der Waals surface area contributed by atoms with Crippen molar-refractivity contribution in [1.82, 2.24) is 5.32 Å². The van der Waals surface area contributed by atoms with Crippen molar-refractivity contribution in [3.8, 4) is 6.07 Å². The lowest BCUT2D eigenvalue weighted by atomic mass is 9.88. The van der Waals surface area contributed by atoms with Gasteiger partial charge in [-0.2, -0.15) is 5.26 Å². The highest BCUT2D eigenvalue weighted by atomic mass is 16.1. The van der Waals surface area contributed by atoms with Crippen molar-refractivity contribution < 1.29 is 4.79 Å². The minimum atomic E-state index is 0.164. The Hall–Kier alpha value is -1.82. The minimum absolute atomic E-state index is 0.164. The highest BCUT2D eigenvalue weighted by Crippen LogP contribution is 2.23. The number of benzene rings is 1. The molecular weight excluding hydrogens is 224 g/mol. The van der Waals surface area contributed by atoms with E-state index in [0.29, 0.717) is 12.1 Å². The predicted molar refractivity (Wildman–Crippen MR) is 69.6 cm³/mol. The molecule has 1 fully saturated rings. The van der Waals surface area contributed by atoms with E-state index in [9.17, 15) is 4.79 Å². The first kappa shape index (κ1) is 12.6. The summed E-state index contributed by atoms with van der Waals surface area (Å²) in [5, 5.41) is 11.8. The van der Waals surface area contributed by atoms with Gasteiger partial charge in [-0.1, -0.05) is 31.4 Å². The molecule has 1 N–H and O–H groups in total. The summed E-state index contributed by atoms with van der Waals surface area (Å²) in [5.41, 5.74) is 1.62. The lowest BCUT2D eigenvalue weighted by Gasteiger charge is -2.20. The summed E-state index contributed by atoms with van der Waals surface area (Å²) < 4.78 is 0. The van der Waals surface area contributed by atoms with Gasteiger partial charge in [0.05, 0.1) is 11.6 Å². The fourth-order valence-corrected chi connectivity index (χ4v) is 2.45. The van der Waals surface area contributed by atoms with Gasteiger partial charge < -0.3 is 5.32 Å². The summed E-state index contributed by atoms with van der Waals surface area (Å²) in [5.74, 6) is 0.356. The normalized spacial score (nSPS) is 15.9. The highest BCUT2D eigenvalue weighted by Gasteiger charge is 2.20. The van der Waals surface area contributed by atoms with Crippen LogP contribution in [0.3, 0.4) is 0 Å². The Morgan fingerprint density at radius 2 is 2.11 bits per heavy atom. The highest BCUT2D eigenvalue weighted by molar-refractivity contribution is 5.78. The summed E-state index contributed by atoms with van der Waals surface area (Å²) in [6.45, 7) is 0.519. The Bertz CT molecular complexity index is 456. The van der Waals surface area contributed by atoms with Crippen molar-refractivity contribution in [2.45, 2.75) is 38.6 Å². The topological polar surface area (TPSA) is 52.9 Å². The van der Waals surface area contributed by atoms with E-state index < -0.39 is 0 Å². The number of carbonyl (C=O) groups excluding carboxylic acids is 1. The van der Waals surface area contributed by atoms with Crippen molar-refractivity contribution in [3.05, 3.63) is 35.4 Å². The molecule has 2 rings (SSSR count). The average Bonchev–Trinajstić information content (AvgIpc) is 2.46. The van der Waals surface area contributed by atoms with Gasteiger partial charge in [0.1, 0.15) is 0 Å². The number of rotatable bonds is 3. The Labute approximate surface area is 108 Å². The van der Waals surface area contributed by atoms with Gasteiger partial charge in [-0.05, 0) is 30.5 Å². The fourth-order valence-electron chi connectivity index (χ4n) is 2.45. The van der Waals surface area contributed by atoms with E-state index in [1.165, 1.54) is 19.3 Å². The predicted octanol–water partition coefficient (Wildman–Crippen LogP) is 2.75. The molecule has 1 aliphatic rings. The molecular formula is C15H18N2O. The number of carbonyl (C=O) groups is 1. The van der Waals surface area contributed by atoms with Crippen molar-refractivity contribution in [2.75, 3.05) is 0 Å². The number of hydrogen-bond acceptors (Lipinski definition) is 2. The van der Waals surface area contributed by atoms with E-state index in [-0.39, 0.29) is 11.8 Å². The number of amides is 1. The maximum atomic E-state index is 11.9. The lowest BCUT2D eigenvalue weighted by Crippen LogP contribution is -2.31. The number of nitrogens with zero attached hydrogens (tertiary/aromatic N) is 1. The summed E-state index contributed by atoms with van der Waals surface area (Å²) in [4.78, 5) is 11.9. The van der Waals surface area contributed by atoms with Gasteiger partial charge in [-0.25, -0.2) is 0 Å². The van der Waals surface area contributed by atoms with Crippen LogP contribution in [-0.4, -0.2) is 5.91 Å². The third-order valence-corrected chi connectivity index (χ3v) is 3.50. The van der Waals surface area contributed by atoms with Gasteiger partial charge in [-0.3, -0.25) is 4.79 Å². The second-order valence-corrected chi connectivity index (χ2v) is 4.86. The summed E-state index contributed by atoms with van der Waals surface area (Å²) in [6.07, 6.45) is 5.63. The average molecular weight is 242 g/mol. The second kappa shape index (κ2) is 6.20. The van der Waals surface area contributed by atoms with Gasteiger partial charge in [0, 0.05) is 12.5 Å². The van der Waals surface area contributed by atoms with E-state index in [1.807, 2.05) is 18.2 Å². The van der Waals surface area contributed by atoms with Crippen LogP contribution in [0.2, 0.25) is 0 Å². The molecule has 0 atom stereocenters. The molecule has 0 heterocycles. The molecule has 3 heteroatoms. The Kier molecular flexibility index (Phi) is 4.35. The molecule has 3 nitrogen and oxygen atoms in total. The van der Waals surface area contributed by atoms with Gasteiger partial charge in [0.25, 0.3) is 0 Å². The Morgan fingerprint density at radius 3 is 2.83 bits per heavy atom. The molecule has 1 aliphatic carbocycles. The van der Waals surface area contributed by atoms with Crippen LogP contribution in [0, 0.1) is 17.2 Å². The van der Waals surface area contributed by atoms with E-state index in [4.69, 9.17) is 5.26 Å². The number of nitriles is 1. The number of hydrogen-bond donors (Lipinski definition) is 1. The molecule has 1 amide bonds. The maximum Gasteiger partial charge on any atom is 0.223 e. The maximum absolute atomic E-state index is 11.9. The Balaban J connectivity index is 1.86. The third-order valence-electron chi connectivity index (χ3n) is 3.50. The van der Waals surface area contributed by atoms with E-state index >= 15 is 0 Å². The third kappa shape index (κ3) is 3.33. The monoisotopic (exact) mass is 242 g/mol. The first-order chi connectivity index (χ1) is 8.79. The molecule has 0 aromatic heterocycles. The smallest absolute Gasteiger partial charge is 0.223 e. The van der Waals surface area contributed by atoms with Gasteiger partial charge in [0.2, 0.25) is 5.91 Å². The van der Waals surface area contributed by atoms with Crippen molar-refractivity contribution >= 4 is 5.91 Å². The summed E-state index contributed by atoms with van der Waals surface area (Å²) >= 11 is 0. The molecule has 1 aromatic carbocycles. The van der Waals surface area contributed by atoms with Crippen LogP contribution in [0.1, 0.15) is 43.2 Å². The fraction of sp³-hybridized carbons (Fsp3) is 0.467. The summed E-state index contributed by atoms with van der Waals surface area (Å²) in [6, 6.07) is 9.48. The van der Waals surface area contributed by atoms with Crippen LogP contribution in [0.5, 0.6) is 0 Å². The van der Waals surface area contributed by atoms with Crippen LogP contribution in [-0.2, 0) is 11.3 Å². The van der Waals surface area contributed by atoms with E-state index in [0.717, 1.165) is 18.4 Å². The Morgan fingerprint density at radius 1 is 1.33 bits per heavy atom. The van der Waals surface area contributed by atoms with E-state index in [2.05, 4.69) is 11.4 Å². The molecule has 0 radical (unpaired) electrons. The standard InChI is InChI=1S/C15H18N2O/c16-10-12-5-4-6-13(9-12)11-17-15(18)14-7-2-1-3-8-14/h4-6,9,14H,1-3,7-8,11H2,(H,17,18). The largest absolute Gasteiger partial charge is 0.352 e. The van der Waals surface area contributed by atoms with E-state index in [1.54, 1.807) is 6.07 Å². The molecule has 0 aliphatic heterocycles. The van der Waals surface area contributed by atoms with Crippen molar-refractivity contribution in [2.24, 2.45) is 5.92 Å². The summed E-state index contributed by atoms with van der Waals surface area (Å²) in [7, 11) is 0. The quantitative estimate of drug-likeness (QED) is 0.886. The van der Waals surface area contributed by atoms with Gasteiger partial charge >= 0.3 is 0 Å². The second-order valence-electron chi connectivity index (χ2n) is 4.86. The first-order valence-electron chi connectivity index (χ1n) is 6.56. The van der Waals surface area contributed by atoms with Crippen LogP contribution in [0.15, 0.2) is 24.3 Å². The van der Waals surface area contributed by atoms with Crippen LogP contribution >= 0.6 is 0 Å². The van der Waals surface area contributed by atoms with Crippen LogP contribution in [0.25, 0.3) is 0 Å². The zero-order chi connectivity index (χ0) is 12.8. The zero-order valence-corrected chi connectivity index (χ0v) is 10.5. The molecule has 0 saturated heterocycles. The van der Waals surface area contributed by atoms with Gasteiger partial charge in [-0.15, -0.1) is 0 Å². The van der Waals surface area contributed by atoms with Crippen molar-refractivity contribution in [3.63, 3.8) is 0 Å². The zero-order valence-electron chi connectivity index (χ0n) is 10.5. The van der Waals surface area contributed by atoms with Crippen molar-refractivity contribution in [1.29, 1.82) is 5.26 Å². The molecule has 0 unspecified atom stereocenters. The minimum Gasteiger partial charge on any atom is -0.352 e. The molecule has 0 bridgehead atoms. The molecule has 1 aromatic rings. The number of nitrogens with one attached hydrogen (secondary N) is 1. The van der Waals surface area contributed by atoms with Crippen LogP contribution < -0.4 is 5.32 Å². The SMILES string of the molecule is N#Cc1cccc(CNC(=O)C2CCCCC2)c1. The molecule has 0 spiro atoms. The molecule has 18 heavy (non-hydrogen) atoms. The van der Waals surface area contributed by atoms with Gasteiger partial charge in [0.15, 0.2) is 0 Å².